The molecule has 2 fully saturated rings. The Morgan fingerprint density at radius 3 is 1.83 bits per heavy atom. The van der Waals surface area contributed by atoms with Gasteiger partial charge in [-0.15, -0.1) is 0 Å². The minimum absolute atomic E-state index is 0.476. The maximum absolute atomic E-state index is 11.3. The first-order valence-electron chi connectivity index (χ1n) is 3.93. The van der Waals surface area contributed by atoms with Gasteiger partial charge >= 0.3 is 11.9 Å². The van der Waals surface area contributed by atoms with Crippen molar-refractivity contribution in [2.45, 2.75) is 32.5 Å². The van der Waals surface area contributed by atoms with Crippen molar-refractivity contribution in [1.82, 2.24) is 0 Å². The molecule has 1 spiro atoms. The number of hydrogen-bond acceptors (Lipinski definition) is 4. The highest BCUT2D eigenvalue weighted by Crippen LogP contribution is 2.46. The second-order valence-electron chi connectivity index (χ2n) is 3.81. The van der Waals surface area contributed by atoms with Crippen molar-refractivity contribution in [3.63, 3.8) is 0 Å². The van der Waals surface area contributed by atoms with E-state index in [4.69, 9.17) is 9.47 Å². The summed E-state index contributed by atoms with van der Waals surface area (Å²) in [5, 5.41) is 0. The van der Waals surface area contributed by atoms with Crippen LogP contribution >= 0.6 is 0 Å². The molecule has 0 radical (unpaired) electrons. The molecule has 0 amide bonds. The lowest BCUT2D eigenvalue weighted by atomic mass is 9.93. The van der Waals surface area contributed by atoms with Crippen LogP contribution in [0.15, 0.2) is 0 Å². The Balaban J connectivity index is 2.25. The van der Waals surface area contributed by atoms with Gasteiger partial charge in [-0.2, -0.15) is 0 Å². The zero-order valence-corrected chi connectivity index (χ0v) is 7.05. The normalized spacial score (nSPS) is 29.5. The summed E-state index contributed by atoms with van der Waals surface area (Å²) in [7, 11) is 0. The van der Waals surface area contributed by atoms with E-state index in [1.165, 1.54) is 13.8 Å². The molecule has 0 atom stereocenters. The molecule has 66 valence electrons. The average Bonchev–Trinajstić information content (AvgIpc) is 2.66. The van der Waals surface area contributed by atoms with Gasteiger partial charge < -0.3 is 9.47 Å². The van der Waals surface area contributed by atoms with Gasteiger partial charge in [0.2, 0.25) is 0 Å². The molecular formula is C8H10O4. The standard InChI is InChI=1S/C8H10O4/c1-7(2)5(9)11-8(3-4-8)12-6(7)10/h3-4H2,1-2H3. The molecule has 1 saturated heterocycles. The van der Waals surface area contributed by atoms with E-state index in [-0.39, 0.29) is 0 Å². The third kappa shape index (κ3) is 0.838. The molecule has 1 aliphatic heterocycles. The van der Waals surface area contributed by atoms with Gasteiger partial charge in [0, 0.05) is 12.8 Å². The molecule has 4 heteroatoms. The largest absolute Gasteiger partial charge is 0.422 e. The maximum atomic E-state index is 11.3. The van der Waals surface area contributed by atoms with E-state index in [1.54, 1.807) is 0 Å². The molecule has 0 aromatic heterocycles. The van der Waals surface area contributed by atoms with Crippen molar-refractivity contribution in [2.24, 2.45) is 5.41 Å². The van der Waals surface area contributed by atoms with Gasteiger partial charge in [0.25, 0.3) is 5.79 Å². The molecular weight excluding hydrogens is 160 g/mol. The van der Waals surface area contributed by atoms with Gasteiger partial charge in [-0.05, 0) is 13.8 Å². The molecule has 1 saturated carbocycles. The summed E-state index contributed by atoms with van der Waals surface area (Å²) in [6.07, 6.45) is 1.28. The van der Waals surface area contributed by atoms with E-state index < -0.39 is 23.1 Å². The van der Waals surface area contributed by atoms with Gasteiger partial charge in [0.05, 0.1) is 0 Å². The van der Waals surface area contributed by atoms with E-state index in [9.17, 15) is 9.59 Å². The van der Waals surface area contributed by atoms with Crippen LogP contribution in [0.1, 0.15) is 26.7 Å². The summed E-state index contributed by atoms with van der Waals surface area (Å²) in [5.74, 6) is -1.82. The van der Waals surface area contributed by atoms with Crippen molar-refractivity contribution in [1.29, 1.82) is 0 Å². The quantitative estimate of drug-likeness (QED) is 0.394. The Morgan fingerprint density at radius 1 is 1.08 bits per heavy atom. The summed E-state index contributed by atoms with van der Waals surface area (Å²) < 4.78 is 9.98. The first kappa shape index (κ1) is 7.58. The van der Waals surface area contributed by atoms with Crippen LogP contribution in [0.3, 0.4) is 0 Å². The number of carbonyl (C=O) groups excluding carboxylic acids is 2. The molecule has 1 heterocycles. The molecule has 0 bridgehead atoms. The number of esters is 2. The lowest BCUT2D eigenvalue weighted by Crippen LogP contribution is -2.47. The molecule has 0 unspecified atom stereocenters. The Hall–Kier alpha value is -1.06. The highest BCUT2D eigenvalue weighted by Gasteiger charge is 2.60. The highest BCUT2D eigenvalue weighted by atomic mass is 16.8. The van der Waals surface area contributed by atoms with Crippen molar-refractivity contribution >= 4 is 11.9 Å². The van der Waals surface area contributed by atoms with Gasteiger partial charge in [-0.1, -0.05) is 0 Å². The van der Waals surface area contributed by atoms with E-state index in [1.807, 2.05) is 0 Å². The minimum atomic E-state index is -1.13. The summed E-state index contributed by atoms with van der Waals surface area (Å²) in [6, 6.07) is 0. The third-order valence-electron chi connectivity index (χ3n) is 2.24. The second kappa shape index (κ2) is 1.81. The van der Waals surface area contributed by atoms with Gasteiger partial charge in [-0.25, -0.2) is 0 Å². The zero-order chi connectivity index (χ0) is 8.98. The molecule has 0 aromatic rings. The summed E-state index contributed by atoms with van der Waals surface area (Å²) >= 11 is 0. The molecule has 2 rings (SSSR count). The molecule has 0 N–H and O–H groups in total. The second-order valence-corrected chi connectivity index (χ2v) is 3.81. The fourth-order valence-electron chi connectivity index (χ4n) is 1.00. The smallest absolute Gasteiger partial charge is 0.326 e. The fourth-order valence-corrected chi connectivity index (χ4v) is 1.00. The summed E-state index contributed by atoms with van der Waals surface area (Å²) in [4.78, 5) is 22.5. The van der Waals surface area contributed by atoms with E-state index in [0.717, 1.165) is 0 Å². The molecule has 0 aromatic carbocycles. The summed E-state index contributed by atoms with van der Waals surface area (Å²) in [6.45, 7) is 3.01. The Kier molecular flexibility index (Phi) is 1.14. The molecule has 2 aliphatic rings. The van der Waals surface area contributed by atoms with Gasteiger partial charge in [0.15, 0.2) is 5.41 Å². The van der Waals surface area contributed by atoms with Crippen molar-refractivity contribution in [3.05, 3.63) is 0 Å². The lowest BCUT2D eigenvalue weighted by molar-refractivity contribution is -0.229. The van der Waals surface area contributed by atoms with Crippen LogP contribution < -0.4 is 0 Å². The highest BCUT2D eigenvalue weighted by molar-refractivity contribution is 6.00. The van der Waals surface area contributed by atoms with Crippen molar-refractivity contribution < 1.29 is 19.1 Å². The lowest BCUT2D eigenvalue weighted by Gasteiger charge is -2.31. The van der Waals surface area contributed by atoms with E-state index in [0.29, 0.717) is 12.8 Å². The third-order valence-corrected chi connectivity index (χ3v) is 2.24. The number of rotatable bonds is 0. The molecule has 1 aliphatic carbocycles. The molecule has 12 heavy (non-hydrogen) atoms. The molecule has 4 nitrogen and oxygen atoms in total. The number of hydrogen-bond donors (Lipinski definition) is 0. The summed E-state index contributed by atoms with van der Waals surface area (Å²) in [5.41, 5.74) is -1.13. The van der Waals surface area contributed by atoms with Crippen molar-refractivity contribution in [3.8, 4) is 0 Å². The first-order valence-corrected chi connectivity index (χ1v) is 3.93. The average molecular weight is 170 g/mol. The predicted octanol–water partition coefficient (Wildman–Crippen LogP) is 0.603. The SMILES string of the molecule is CC1(C)C(=O)OC2(CC2)OC1=O. The van der Waals surface area contributed by atoms with Gasteiger partial charge in [-0.3, -0.25) is 9.59 Å². The minimum Gasteiger partial charge on any atom is -0.422 e. The van der Waals surface area contributed by atoms with E-state index >= 15 is 0 Å². The monoisotopic (exact) mass is 170 g/mol. The first-order chi connectivity index (χ1) is 5.46. The Bertz CT molecular complexity index is 240. The van der Waals surface area contributed by atoms with Crippen LogP contribution in [0.2, 0.25) is 0 Å². The Morgan fingerprint density at radius 2 is 1.50 bits per heavy atom. The van der Waals surface area contributed by atoms with Crippen molar-refractivity contribution in [2.75, 3.05) is 0 Å². The topological polar surface area (TPSA) is 52.6 Å². The number of carbonyl (C=O) groups is 2. The maximum Gasteiger partial charge on any atom is 0.326 e. The zero-order valence-electron chi connectivity index (χ0n) is 7.05. The predicted molar refractivity (Wildman–Crippen MR) is 37.9 cm³/mol. The van der Waals surface area contributed by atoms with Crippen LogP contribution in [0.25, 0.3) is 0 Å². The van der Waals surface area contributed by atoms with Crippen LogP contribution in [-0.4, -0.2) is 17.7 Å². The Labute approximate surface area is 69.8 Å². The van der Waals surface area contributed by atoms with Crippen LogP contribution in [0.4, 0.5) is 0 Å². The fraction of sp³-hybridized carbons (Fsp3) is 0.750. The van der Waals surface area contributed by atoms with Crippen LogP contribution in [0, 0.1) is 5.41 Å². The number of ether oxygens (including phenoxy) is 2. The van der Waals surface area contributed by atoms with Crippen LogP contribution in [0.5, 0.6) is 0 Å². The van der Waals surface area contributed by atoms with Crippen LogP contribution in [-0.2, 0) is 19.1 Å². The van der Waals surface area contributed by atoms with Gasteiger partial charge in [0.1, 0.15) is 0 Å². The van der Waals surface area contributed by atoms with E-state index in [2.05, 4.69) is 0 Å².